The maximum absolute atomic E-state index is 12.2. The number of hydrogen-bond donors (Lipinski definition) is 1. The molecule has 0 spiro atoms. The Morgan fingerprint density at radius 2 is 1.64 bits per heavy atom. The number of ether oxygens (including phenoxy) is 2. The fourth-order valence-electron chi connectivity index (χ4n) is 3.27. The van der Waals surface area contributed by atoms with Crippen molar-refractivity contribution in [3.63, 3.8) is 0 Å². The SMILES string of the molecule is CC(C)(C)OC(=O)N1CCN(c2ccc(C#CCNC(=O)OCc3ccccc3)cc2)CC1. The average molecular weight is 450 g/mol. The molecular formula is C26H31N3O4. The molecule has 0 saturated carbocycles. The Labute approximate surface area is 195 Å². The second kappa shape index (κ2) is 11.3. The summed E-state index contributed by atoms with van der Waals surface area (Å²) < 4.78 is 10.6. The highest BCUT2D eigenvalue weighted by Crippen LogP contribution is 2.18. The van der Waals surface area contributed by atoms with E-state index in [0.29, 0.717) is 13.1 Å². The minimum atomic E-state index is -0.492. The lowest BCUT2D eigenvalue weighted by Gasteiger charge is -2.36. The molecule has 1 N–H and O–H groups in total. The van der Waals surface area contributed by atoms with E-state index in [-0.39, 0.29) is 19.2 Å². The van der Waals surface area contributed by atoms with Crippen LogP contribution in [0.1, 0.15) is 31.9 Å². The van der Waals surface area contributed by atoms with Crippen molar-refractivity contribution in [1.82, 2.24) is 10.2 Å². The molecule has 1 fully saturated rings. The van der Waals surface area contributed by atoms with Crippen molar-refractivity contribution in [3.05, 3.63) is 65.7 Å². The Bertz CT molecular complexity index is 980. The minimum Gasteiger partial charge on any atom is -0.445 e. The largest absolute Gasteiger partial charge is 0.445 e. The number of anilines is 1. The summed E-state index contributed by atoms with van der Waals surface area (Å²) in [5.74, 6) is 5.97. The summed E-state index contributed by atoms with van der Waals surface area (Å²) in [6.45, 7) is 8.82. The second-order valence-corrected chi connectivity index (χ2v) is 8.72. The number of nitrogens with zero attached hydrogens (tertiary/aromatic N) is 2. The zero-order valence-electron chi connectivity index (χ0n) is 19.5. The molecule has 1 aliphatic heterocycles. The number of alkyl carbamates (subject to hydrolysis) is 1. The quantitative estimate of drug-likeness (QED) is 0.714. The van der Waals surface area contributed by atoms with Crippen LogP contribution >= 0.6 is 0 Å². The van der Waals surface area contributed by atoms with Gasteiger partial charge in [-0.2, -0.15) is 0 Å². The molecular weight excluding hydrogens is 418 g/mol. The Morgan fingerprint density at radius 1 is 0.970 bits per heavy atom. The molecule has 7 heteroatoms. The normalized spacial score (nSPS) is 13.5. The first-order chi connectivity index (χ1) is 15.8. The number of rotatable bonds is 4. The summed E-state index contributed by atoms with van der Waals surface area (Å²) in [5, 5.41) is 2.63. The number of carbonyl (C=O) groups is 2. The van der Waals surface area contributed by atoms with Crippen molar-refractivity contribution in [1.29, 1.82) is 0 Å². The van der Waals surface area contributed by atoms with Gasteiger partial charge in [0, 0.05) is 37.4 Å². The standard InChI is InChI=1S/C26H31N3O4/c1-26(2,3)33-25(31)29-18-16-28(17-19-29)23-13-11-21(12-14-23)10-7-15-27-24(30)32-20-22-8-5-4-6-9-22/h4-6,8-9,11-14H,15-20H2,1-3H3,(H,27,30). The van der Waals surface area contributed by atoms with Crippen LogP contribution in [0.2, 0.25) is 0 Å². The highest BCUT2D eigenvalue weighted by atomic mass is 16.6. The second-order valence-electron chi connectivity index (χ2n) is 8.72. The fraction of sp³-hybridized carbons (Fsp3) is 0.385. The predicted molar refractivity (Wildman–Crippen MR) is 128 cm³/mol. The average Bonchev–Trinajstić information content (AvgIpc) is 2.80. The van der Waals surface area contributed by atoms with Crippen LogP contribution in [-0.2, 0) is 16.1 Å². The zero-order chi connectivity index (χ0) is 23.7. The molecule has 1 aliphatic rings. The Kier molecular flexibility index (Phi) is 8.20. The van der Waals surface area contributed by atoms with Gasteiger partial charge < -0.3 is 24.6 Å². The molecule has 7 nitrogen and oxygen atoms in total. The molecule has 0 aromatic heterocycles. The molecule has 1 heterocycles. The van der Waals surface area contributed by atoms with Crippen LogP contribution in [0.15, 0.2) is 54.6 Å². The van der Waals surface area contributed by atoms with Crippen LogP contribution in [-0.4, -0.2) is 55.4 Å². The highest BCUT2D eigenvalue weighted by Gasteiger charge is 2.25. The number of carbonyl (C=O) groups excluding carboxylic acids is 2. The molecule has 1 saturated heterocycles. The van der Waals surface area contributed by atoms with Gasteiger partial charge in [-0.15, -0.1) is 0 Å². The third kappa shape index (κ3) is 8.08. The first-order valence-electron chi connectivity index (χ1n) is 11.1. The van der Waals surface area contributed by atoms with E-state index in [2.05, 4.69) is 22.1 Å². The lowest BCUT2D eigenvalue weighted by molar-refractivity contribution is 0.0240. The number of nitrogens with one attached hydrogen (secondary N) is 1. The van der Waals surface area contributed by atoms with E-state index in [9.17, 15) is 9.59 Å². The Balaban J connectivity index is 1.40. The van der Waals surface area contributed by atoms with Crippen LogP contribution in [0.5, 0.6) is 0 Å². The van der Waals surface area contributed by atoms with E-state index in [1.807, 2.05) is 75.4 Å². The van der Waals surface area contributed by atoms with E-state index in [0.717, 1.165) is 29.9 Å². The first kappa shape index (κ1) is 24.0. The van der Waals surface area contributed by atoms with Gasteiger partial charge in [-0.25, -0.2) is 9.59 Å². The third-order valence-corrected chi connectivity index (χ3v) is 4.93. The molecule has 0 radical (unpaired) electrons. The van der Waals surface area contributed by atoms with Gasteiger partial charge in [0.1, 0.15) is 12.2 Å². The maximum Gasteiger partial charge on any atom is 0.410 e. The topological polar surface area (TPSA) is 71.1 Å². The lowest BCUT2D eigenvalue weighted by atomic mass is 10.2. The van der Waals surface area contributed by atoms with E-state index in [1.165, 1.54) is 0 Å². The van der Waals surface area contributed by atoms with Crippen LogP contribution in [0.25, 0.3) is 0 Å². The molecule has 2 aromatic rings. The van der Waals surface area contributed by atoms with Gasteiger partial charge >= 0.3 is 12.2 Å². The summed E-state index contributed by atoms with van der Waals surface area (Å²) in [7, 11) is 0. The molecule has 174 valence electrons. The molecule has 2 aromatic carbocycles. The van der Waals surface area contributed by atoms with Crippen LogP contribution in [0.4, 0.5) is 15.3 Å². The van der Waals surface area contributed by atoms with Gasteiger partial charge in [0.2, 0.25) is 0 Å². The molecule has 33 heavy (non-hydrogen) atoms. The van der Waals surface area contributed by atoms with Gasteiger partial charge in [0.15, 0.2) is 0 Å². The zero-order valence-corrected chi connectivity index (χ0v) is 19.5. The summed E-state index contributed by atoms with van der Waals surface area (Å²) in [6.07, 6.45) is -0.751. The number of amides is 2. The monoisotopic (exact) mass is 449 g/mol. The van der Waals surface area contributed by atoms with Crippen molar-refractivity contribution in [2.45, 2.75) is 33.0 Å². The number of piperazine rings is 1. The summed E-state index contributed by atoms with van der Waals surface area (Å²) >= 11 is 0. The van der Waals surface area contributed by atoms with Gasteiger partial charge in [-0.3, -0.25) is 0 Å². The first-order valence-corrected chi connectivity index (χ1v) is 11.1. The smallest absolute Gasteiger partial charge is 0.410 e. The molecule has 0 bridgehead atoms. The van der Waals surface area contributed by atoms with Gasteiger partial charge in [-0.1, -0.05) is 42.2 Å². The Morgan fingerprint density at radius 3 is 2.27 bits per heavy atom. The van der Waals surface area contributed by atoms with Crippen LogP contribution < -0.4 is 10.2 Å². The van der Waals surface area contributed by atoms with Crippen molar-refractivity contribution < 1.29 is 19.1 Å². The number of benzene rings is 2. The molecule has 0 unspecified atom stereocenters. The molecule has 2 amide bonds. The summed E-state index contributed by atoms with van der Waals surface area (Å²) in [5.41, 5.74) is 2.41. The van der Waals surface area contributed by atoms with Crippen LogP contribution in [0.3, 0.4) is 0 Å². The minimum absolute atomic E-state index is 0.210. The molecule has 0 aliphatic carbocycles. The summed E-state index contributed by atoms with van der Waals surface area (Å²) in [6, 6.07) is 17.5. The van der Waals surface area contributed by atoms with Gasteiger partial charge in [0.05, 0.1) is 6.54 Å². The van der Waals surface area contributed by atoms with Crippen LogP contribution in [0, 0.1) is 11.8 Å². The number of hydrogen-bond acceptors (Lipinski definition) is 5. The maximum atomic E-state index is 12.2. The lowest BCUT2D eigenvalue weighted by Crippen LogP contribution is -2.50. The summed E-state index contributed by atoms with van der Waals surface area (Å²) in [4.78, 5) is 27.9. The Hall–Kier alpha value is -3.66. The van der Waals surface area contributed by atoms with E-state index < -0.39 is 11.7 Å². The highest BCUT2D eigenvalue weighted by molar-refractivity contribution is 5.69. The van der Waals surface area contributed by atoms with Gasteiger partial charge in [0.25, 0.3) is 0 Å². The predicted octanol–water partition coefficient (Wildman–Crippen LogP) is 4.02. The van der Waals surface area contributed by atoms with E-state index >= 15 is 0 Å². The fourth-order valence-corrected chi connectivity index (χ4v) is 3.27. The van der Waals surface area contributed by atoms with E-state index in [1.54, 1.807) is 4.90 Å². The van der Waals surface area contributed by atoms with Crippen molar-refractivity contribution in [2.75, 3.05) is 37.6 Å². The van der Waals surface area contributed by atoms with Crippen molar-refractivity contribution in [2.24, 2.45) is 0 Å². The molecule has 0 atom stereocenters. The van der Waals surface area contributed by atoms with Crippen molar-refractivity contribution in [3.8, 4) is 11.8 Å². The molecule has 3 rings (SSSR count). The third-order valence-electron chi connectivity index (χ3n) is 4.93. The van der Waals surface area contributed by atoms with E-state index in [4.69, 9.17) is 9.47 Å². The van der Waals surface area contributed by atoms with Gasteiger partial charge in [-0.05, 0) is 50.6 Å². The van der Waals surface area contributed by atoms with Crippen molar-refractivity contribution >= 4 is 17.9 Å².